The van der Waals surface area contributed by atoms with Crippen molar-refractivity contribution in [3.63, 3.8) is 0 Å². The zero-order chi connectivity index (χ0) is 11.8. The zero-order valence-electron chi connectivity index (χ0n) is 9.38. The minimum Gasteiger partial charge on any atom is -0.337 e. The number of hydroxylamine groups is 1. The lowest BCUT2D eigenvalue weighted by Gasteiger charge is -2.24. The van der Waals surface area contributed by atoms with Gasteiger partial charge in [-0.2, -0.15) is 5.06 Å². The van der Waals surface area contributed by atoms with Gasteiger partial charge in [0, 0.05) is 18.5 Å². The van der Waals surface area contributed by atoms with E-state index < -0.39 is 0 Å². The molecule has 2 aromatic carbocycles. The van der Waals surface area contributed by atoms with E-state index in [4.69, 9.17) is 4.84 Å². The molecule has 0 spiro atoms. The van der Waals surface area contributed by atoms with Crippen LogP contribution in [0.5, 0.6) is 0 Å². The molecule has 2 aromatic rings. The summed E-state index contributed by atoms with van der Waals surface area (Å²) in [4.78, 5) is 16.2. The van der Waals surface area contributed by atoms with Crippen molar-refractivity contribution >= 4 is 28.5 Å². The van der Waals surface area contributed by atoms with Crippen LogP contribution in [0, 0.1) is 0 Å². The first-order valence-corrected chi connectivity index (χ1v) is 5.43. The molecule has 1 aliphatic rings. The Balaban J connectivity index is 2.23. The van der Waals surface area contributed by atoms with Crippen LogP contribution in [0.1, 0.15) is 12.5 Å². The average Bonchev–Trinajstić information content (AvgIpc) is 2.33. The van der Waals surface area contributed by atoms with Crippen LogP contribution < -0.4 is 5.06 Å². The first-order chi connectivity index (χ1) is 8.25. The van der Waals surface area contributed by atoms with Crippen LogP contribution in [0.15, 0.2) is 42.6 Å². The molecular weight excluding hydrogens is 214 g/mol. The van der Waals surface area contributed by atoms with E-state index in [9.17, 15) is 4.79 Å². The molecule has 3 heteroatoms. The zero-order valence-corrected chi connectivity index (χ0v) is 9.38. The first-order valence-electron chi connectivity index (χ1n) is 5.43. The standard InChI is InChI=1S/C14H11NO2/c1-10(16)17-15-9-8-12-5-2-4-11-6-3-7-13(15)14(11)12/h2-9H,1H3. The van der Waals surface area contributed by atoms with Crippen LogP contribution in [0.2, 0.25) is 0 Å². The molecule has 0 unspecified atom stereocenters. The summed E-state index contributed by atoms with van der Waals surface area (Å²) >= 11 is 0. The van der Waals surface area contributed by atoms with Gasteiger partial charge in [0.2, 0.25) is 0 Å². The highest BCUT2D eigenvalue weighted by Crippen LogP contribution is 2.34. The van der Waals surface area contributed by atoms with E-state index in [2.05, 4.69) is 0 Å². The van der Waals surface area contributed by atoms with E-state index >= 15 is 0 Å². The fraction of sp³-hybridized carbons (Fsp3) is 0.0714. The third-order valence-corrected chi connectivity index (χ3v) is 2.77. The molecule has 0 fully saturated rings. The van der Waals surface area contributed by atoms with Crippen LogP contribution in [0.3, 0.4) is 0 Å². The van der Waals surface area contributed by atoms with E-state index in [1.807, 2.05) is 42.5 Å². The van der Waals surface area contributed by atoms with Crippen LogP contribution in [-0.4, -0.2) is 5.97 Å². The number of benzene rings is 2. The molecule has 1 heterocycles. The second kappa shape index (κ2) is 3.63. The van der Waals surface area contributed by atoms with Crippen molar-refractivity contribution < 1.29 is 9.63 Å². The van der Waals surface area contributed by atoms with Crippen molar-refractivity contribution in [2.24, 2.45) is 0 Å². The number of anilines is 1. The monoisotopic (exact) mass is 225 g/mol. The summed E-state index contributed by atoms with van der Waals surface area (Å²) < 4.78 is 0. The van der Waals surface area contributed by atoms with Gasteiger partial charge in [0.25, 0.3) is 0 Å². The highest BCUT2D eigenvalue weighted by molar-refractivity contribution is 6.02. The second-order valence-electron chi connectivity index (χ2n) is 3.95. The molecule has 0 amide bonds. The maximum absolute atomic E-state index is 11.0. The Morgan fingerprint density at radius 1 is 1.18 bits per heavy atom. The topological polar surface area (TPSA) is 29.5 Å². The lowest BCUT2D eigenvalue weighted by molar-refractivity contribution is -0.141. The van der Waals surface area contributed by atoms with Gasteiger partial charge in [-0.15, -0.1) is 0 Å². The van der Waals surface area contributed by atoms with E-state index in [0.29, 0.717) is 0 Å². The fourth-order valence-electron chi connectivity index (χ4n) is 2.12. The smallest absolute Gasteiger partial charge is 0.329 e. The van der Waals surface area contributed by atoms with Gasteiger partial charge in [-0.1, -0.05) is 30.3 Å². The molecule has 0 saturated heterocycles. The van der Waals surface area contributed by atoms with Crippen LogP contribution in [0.25, 0.3) is 16.8 Å². The van der Waals surface area contributed by atoms with Crippen molar-refractivity contribution in [2.75, 3.05) is 5.06 Å². The van der Waals surface area contributed by atoms with Crippen LogP contribution in [0.4, 0.5) is 5.69 Å². The van der Waals surface area contributed by atoms with Crippen LogP contribution in [-0.2, 0) is 9.63 Å². The lowest BCUT2D eigenvalue weighted by Crippen LogP contribution is -2.21. The highest BCUT2D eigenvalue weighted by Gasteiger charge is 2.16. The largest absolute Gasteiger partial charge is 0.337 e. The third kappa shape index (κ3) is 1.56. The Bertz CT molecular complexity index is 626. The summed E-state index contributed by atoms with van der Waals surface area (Å²) in [6, 6.07) is 12.1. The number of carbonyl (C=O) groups excluding carboxylic acids is 1. The second-order valence-corrected chi connectivity index (χ2v) is 3.95. The van der Waals surface area contributed by atoms with Crippen LogP contribution >= 0.6 is 0 Å². The highest BCUT2D eigenvalue weighted by atomic mass is 16.7. The Labute approximate surface area is 98.9 Å². The molecule has 0 radical (unpaired) electrons. The summed E-state index contributed by atoms with van der Waals surface area (Å²) in [5, 5.41) is 3.76. The molecule has 84 valence electrons. The normalized spacial score (nSPS) is 12.9. The lowest BCUT2D eigenvalue weighted by atomic mass is 10.0. The SMILES string of the molecule is CC(=O)ON1C=Cc2cccc3cccc1c23. The number of nitrogens with zero attached hydrogens (tertiary/aromatic N) is 1. The number of carbonyl (C=O) groups is 1. The summed E-state index contributed by atoms with van der Waals surface area (Å²) in [7, 11) is 0. The molecule has 3 rings (SSSR count). The average molecular weight is 225 g/mol. The van der Waals surface area contributed by atoms with Gasteiger partial charge in [0.1, 0.15) is 0 Å². The fourth-order valence-corrected chi connectivity index (χ4v) is 2.12. The Morgan fingerprint density at radius 2 is 1.94 bits per heavy atom. The molecule has 1 aliphatic heterocycles. The first kappa shape index (κ1) is 9.90. The van der Waals surface area contributed by atoms with Crippen molar-refractivity contribution in [1.29, 1.82) is 0 Å². The molecule has 17 heavy (non-hydrogen) atoms. The summed E-state index contributed by atoms with van der Waals surface area (Å²) in [5.41, 5.74) is 2.04. The van der Waals surface area contributed by atoms with Crippen molar-refractivity contribution in [2.45, 2.75) is 6.92 Å². The van der Waals surface area contributed by atoms with Gasteiger partial charge >= 0.3 is 5.97 Å². The minimum atomic E-state index is -0.328. The number of hydrogen-bond acceptors (Lipinski definition) is 3. The predicted molar refractivity (Wildman–Crippen MR) is 67.2 cm³/mol. The maximum atomic E-state index is 11.0. The molecular formula is C14H11NO2. The Morgan fingerprint density at radius 3 is 2.71 bits per heavy atom. The van der Waals surface area contributed by atoms with E-state index in [1.165, 1.54) is 12.0 Å². The number of hydrogen-bond donors (Lipinski definition) is 0. The van der Waals surface area contributed by atoms with Gasteiger partial charge in [0.15, 0.2) is 0 Å². The summed E-state index contributed by atoms with van der Waals surface area (Å²) in [6.45, 7) is 1.40. The molecule has 0 aromatic heterocycles. The van der Waals surface area contributed by atoms with E-state index in [0.717, 1.165) is 22.0 Å². The minimum absolute atomic E-state index is 0.328. The molecule has 3 nitrogen and oxygen atoms in total. The molecule has 0 atom stereocenters. The van der Waals surface area contributed by atoms with Crippen molar-refractivity contribution in [1.82, 2.24) is 0 Å². The third-order valence-electron chi connectivity index (χ3n) is 2.77. The summed E-state index contributed by atoms with van der Waals surface area (Å²) in [6.07, 6.45) is 3.71. The predicted octanol–water partition coefficient (Wildman–Crippen LogP) is 3.11. The van der Waals surface area contributed by atoms with Gasteiger partial charge < -0.3 is 4.84 Å². The molecule has 0 N–H and O–H groups in total. The number of rotatable bonds is 1. The van der Waals surface area contributed by atoms with Crippen molar-refractivity contribution in [3.8, 4) is 0 Å². The van der Waals surface area contributed by atoms with Gasteiger partial charge in [-0.05, 0) is 23.1 Å². The quantitative estimate of drug-likeness (QED) is 0.746. The van der Waals surface area contributed by atoms with Gasteiger partial charge in [-0.25, -0.2) is 4.79 Å². The molecule has 0 bridgehead atoms. The van der Waals surface area contributed by atoms with Crippen molar-refractivity contribution in [3.05, 3.63) is 48.2 Å². The molecule has 0 saturated carbocycles. The summed E-state index contributed by atoms with van der Waals surface area (Å²) in [5.74, 6) is -0.328. The Kier molecular flexibility index (Phi) is 2.11. The van der Waals surface area contributed by atoms with Gasteiger partial charge in [0.05, 0.1) is 5.69 Å². The van der Waals surface area contributed by atoms with E-state index in [-0.39, 0.29) is 5.97 Å². The van der Waals surface area contributed by atoms with E-state index in [1.54, 1.807) is 6.20 Å². The maximum Gasteiger partial charge on any atom is 0.329 e. The van der Waals surface area contributed by atoms with Gasteiger partial charge in [-0.3, -0.25) is 0 Å². The molecule has 0 aliphatic carbocycles. The Hall–Kier alpha value is -2.29.